The Kier molecular flexibility index (Phi) is 2.27. The Hall–Kier alpha value is -2.00. The molecule has 1 unspecified atom stereocenters. The first kappa shape index (κ1) is 10.2. The largest absolute Gasteiger partial charge is 0.508 e. The van der Waals surface area contributed by atoms with Crippen LogP contribution >= 0.6 is 0 Å². The summed E-state index contributed by atoms with van der Waals surface area (Å²) in [5, 5.41) is 22.9. The summed E-state index contributed by atoms with van der Waals surface area (Å²) in [4.78, 5) is 0. The maximum Gasteiger partial charge on any atom is 0.120 e. The van der Waals surface area contributed by atoms with Gasteiger partial charge in [0.25, 0.3) is 0 Å². The molecule has 1 heterocycles. The molecule has 0 radical (unpaired) electrons. The molecular weight excluding hydrogens is 214 g/mol. The monoisotopic (exact) mass is 227 g/mol. The van der Waals surface area contributed by atoms with E-state index in [0.717, 1.165) is 16.7 Å². The zero-order valence-corrected chi connectivity index (χ0v) is 9.22. The third-order valence-corrected chi connectivity index (χ3v) is 3.23. The number of hydrogen-bond donors (Lipinski definition) is 3. The van der Waals surface area contributed by atoms with Crippen LogP contribution in [0.5, 0.6) is 11.5 Å². The first-order valence-corrected chi connectivity index (χ1v) is 5.59. The van der Waals surface area contributed by atoms with Gasteiger partial charge in [-0.15, -0.1) is 0 Å². The van der Waals surface area contributed by atoms with Gasteiger partial charge in [0.05, 0.1) is 6.04 Å². The SMILES string of the molecule is Oc1ccccc1C1NCc2c(O)cccc21. The summed E-state index contributed by atoms with van der Waals surface area (Å²) < 4.78 is 0. The van der Waals surface area contributed by atoms with Gasteiger partial charge in [-0.2, -0.15) is 0 Å². The number of benzene rings is 2. The number of para-hydroxylation sites is 1. The molecule has 0 bridgehead atoms. The Morgan fingerprint density at radius 3 is 2.41 bits per heavy atom. The van der Waals surface area contributed by atoms with Crippen molar-refractivity contribution in [2.45, 2.75) is 12.6 Å². The van der Waals surface area contributed by atoms with E-state index in [2.05, 4.69) is 5.32 Å². The van der Waals surface area contributed by atoms with Crippen LogP contribution in [0.4, 0.5) is 0 Å². The molecular formula is C14H13NO2. The summed E-state index contributed by atoms with van der Waals surface area (Å²) in [6.45, 7) is 0.626. The molecule has 0 aromatic heterocycles. The molecule has 86 valence electrons. The average Bonchev–Trinajstić information content (AvgIpc) is 2.75. The van der Waals surface area contributed by atoms with Gasteiger partial charge in [-0.3, -0.25) is 0 Å². The van der Waals surface area contributed by atoms with Crippen molar-refractivity contribution in [1.29, 1.82) is 0 Å². The van der Waals surface area contributed by atoms with Crippen molar-refractivity contribution in [3.8, 4) is 11.5 Å². The highest BCUT2D eigenvalue weighted by molar-refractivity contribution is 5.50. The second-order valence-corrected chi connectivity index (χ2v) is 4.22. The molecule has 17 heavy (non-hydrogen) atoms. The number of aromatic hydroxyl groups is 2. The number of fused-ring (bicyclic) bond motifs is 1. The van der Waals surface area contributed by atoms with Crippen LogP contribution in [-0.2, 0) is 6.54 Å². The van der Waals surface area contributed by atoms with Gasteiger partial charge in [0, 0.05) is 17.7 Å². The zero-order valence-electron chi connectivity index (χ0n) is 9.22. The van der Waals surface area contributed by atoms with Crippen molar-refractivity contribution in [1.82, 2.24) is 5.32 Å². The average molecular weight is 227 g/mol. The third-order valence-electron chi connectivity index (χ3n) is 3.23. The molecule has 0 saturated carbocycles. The van der Waals surface area contributed by atoms with E-state index in [1.165, 1.54) is 0 Å². The van der Waals surface area contributed by atoms with E-state index in [0.29, 0.717) is 12.3 Å². The van der Waals surface area contributed by atoms with Crippen LogP contribution in [0, 0.1) is 0 Å². The lowest BCUT2D eigenvalue weighted by atomic mass is 9.97. The number of nitrogens with one attached hydrogen (secondary N) is 1. The van der Waals surface area contributed by atoms with E-state index in [-0.39, 0.29) is 11.8 Å². The van der Waals surface area contributed by atoms with Gasteiger partial charge in [0.2, 0.25) is 0 Å². The Balaban J connectivity index is 2.11. The van der Waals surface area contributed by atoms with Crippen molar-refractivity contribution < 1.29 is 10.2 Å². The van der Waals surface area contributed by atoms with Crippen molar-refractivity contribution in [3.63, 3.8) is 0 Å². The maximum atomic E-state index is 9.86. The highest BCUT2D eigenvalue weighted by atomic mass is 16.3. The van der Waals surface area contributed by atoms with Crippen molar-refractivity contribution in [2.24, 2.45) is 0 Å². The molecule has 0 spiro atoms. The molecule has 3 nitrogen and oxygen atoms in total. The molecule has 0 saturated heterocycles. The summed E-state index contributed by atoms with van der Waals surface area (Å²) >= 11 is 0. The zero-order chi connectivity index (χ0) is 11.8. The Morgan fingerprint density at radius 2 is 1.59 bits per heavy atom. The lowest BCUT2D eigenvalue weighted by molar-refractivity contribution is 0.460. The number of hydrogen-bond acceptors (Lipinski definition) is 3. The minimum atomic E-state index is -0.0432. The minimum Gasteiger partial charge on any atom is -0.508 e. The van der Waals surface area contributed by atoms with E-state index >= 15 is 0 Å². The lowest BCUT2D eigenvalue weighted by Gasteiger charge is -2.14. The smallest absolute Gasteiger partial charge is 0.120 e. The Labute approximate surface area is 99.4 Å². The van der Waals surface area contributed by atoms with Gasteiger partial charge in [0.1, 0.15) is 11.5 Å². The second-order valence-electron chi connectivity index (χ2n) is 4.22. The highest BCUT2D eigenvalue weighted by Crippen LogP contribution is 2.38. The molecule has 1 aliphatic rings. The standard InChI is InChI=1S/C14H13NO2/c16-12-6-2-1-4-10(12)14-9-5-3-7-13(17)11(9)8-15-14/h1-7,14-17H,8H2. The third kappa shape index (κ3) is 1.56. The van der Waals surface area contributed by atoms with Crippen molar-refractivity contribution >= 4 is 0 Å². The van der Waals surface area contributed by atoms with E-state index in [9.17, 15) is 10.2 Å². The fourth-order valence-corrected chi connectivity index (χ4v) is 2.38. The predicted octanol–water partition coefficient (Wildman–Crippen LogP) is 2.29. The van der Waals surface area contributed by atoms with E-state index in [1.807, 2.05) is 24.3 Å². The number of rotatable bonds is 1. The molecule has 3 rings (SSSR count). The van der Waals surface area contributed by atoms with Gasteiger partial charge >= 0.3 is 0 Å². The first-order valence-electron chi connectivity index (χ1n) is 5.59. The lowest BCUT2D eigenvalue weighted by Crippen LogP contribution is -2.13. The Bertz CT molecular complexity index is 566. The summed E-state index contributed by atoms with van der Waals surface area (Å²) in [6, 6.07) is 12.7. The first-order chi connectivity index (χ1) is 8.27. The minimum absolute atomic E-state index is 0.0432. The molecule has 1 aliphatic heterocycles. The van der Waals surface area contributed by atoms with Gasteiger partial charge in [0.15, 0.2) is 0 Å². The summed E-state index contributed by atoms with van der Waals surface area (Å²) in [5.41, 5.74) is 2.80. The van der Waals surface area contributed by atoms with E-state index < -0.39 is 0 Å². The summed E-state index contributed by atoms with van der Waals surface area (Å²) in [6.07, 6.45) is 0. The van der Waals surface area contributed by atoms with Crippen LogP contribution < -0.4 is 5.32 Å². The van der Waals surface area contributed by atoms with Crippen LogP contribution in [-0.4, -0.2) is 10.2 Å². The molecule has 0 aliphatic carbocycles. The number of phenols is 2. The van der Waals surface area contributed by atoms with Crippen LogP contribution in [0.3, 0.4) is 0 Å². The number of phenolic OH excluding ortho intramolecular Hbond substituents is 2. The van der Waals surface area contributed by atoms with Crippen LogP contribution in [0.25, 0.3) is 0 Å². The highest BCUT2D eigenvalue weighted by Gasteiger charge is 2.26. The predicted molar refractivity (Wildman–Crippen MR) is 64.9 cm³/mol. The fourth-order valence-electron chi connectivity index (χ4n) is 2.38. The van der Waals surface area contributed by atoms with E-state index in [1.54, 1.807) is 18.2 Å². The quantitative estimate of drug-likeness (QED) is 0.700. The van der Waals surface area contributed by atoms with Crippen molar-refractivity contribution in [3.05, 3.63) is 59.2 Å². The maximum absolute atomic E-state index is 9.86. The second kappa shape index (κ2) is 3.79. The van der Waals surface area contributed by atoms with Crippen LogP contribution in [0.1, 0.15) is 22.7 Å². The molecule has 3 N–H and O–H groups in total. The fraction of sp³-hybridized carbons (Fsp3) is 0.143. The molecule has 3 heteroatoms. The van der Waals surface area contributed by atoms with Gasteiger partial charge in [-0.1, -0.05) is 30.3 Å². The van der Waals surface area contributed by atoms with Crippen LogP contribution in [0.15, 0.2) is 42.5 Å². The summed E-state index contributed by atoms with van der Waals surface area (Å²) in [5.74, 6) is 0.592. The van der Waals surface area contributed by atoms with E-state index in [4.69, 9.17) is 0 Å². The molecule has 2 aromatic rings. The molecule has 1 atom stereocenters. The van der Waals surface area contributed by atoms with Crippen LogP contribution in [0.2, 0.25) is 0 Å². The van der Waals surface area contributed by atoms with Gasteiger partial charge in [-0.05, 0) is 17.7 Å². The van der Waals surface area contributed by atoms with Crippen molar-refractivity contribution in [2.75, 3.05) is 0 Å². The van der Waals surface area contributed by atoms with Gasteiger partial charge < -0.3 is 15.5 Å². The topological polar surface area (TPSA) is 52.5 Å². The molecule has 0 fully saturated rings. The Morgan fingerprint density at radius 1 is 0.882 bits per heavy atom. The molecule has 2 aromatic carbocycles. The van der Waals surface area contributed by atoms with Gasteiger partial charge in [-0.25, -0.2) is 0 Å². The summed E-state index contributed by atoms with van der Waals surface area (Å²) in [7, 11) is 0. The molecule has 0 amide bonds. The normalized spacial score (nSPS) is 18.0.